The zero-order valence-electron chi connectivity index (χ0n) is 18.6. The standard InChI is InChI=1S/C23H18ClNO4S.FHO3S/c1-13-11-12-19(30(24,28)29)14(2)20(13)16-8-6-10-18-21(16)22(23(26)27)15-7-4-5-9-17(15)25(18)3;1-5(2,3)4/h4-12H,1-3H3;(H,2,3,4). The first-order valence-electron chi connectivity index (χ1n) is 9.90. The van der Waals surface area contributed by atoms with Gasteiger partial charge in [0.2, 0.25) is 11.0 Å². The molecular formula is C23H19ClFNO7S2. The van der Waals surface area contributed by atoms with Crippen molar-refractivity contribution in [2.75, 3.05) is 0 Å². The molecule has 8 nitrogen and oxygen atoms in total. The number of carboxylic acids is 1. The number of nitrogens with zero attached hydrogens (tertiary/aromatic N) is 1. The van der Waals surface area contributed by atoms with Gasteiger partial charge in [-0.2, -0.15) is 4.57 Å². The van der Waals surface area contributed by atoms with Crippen LogP contribution in [0.3, 0.4) is 0 Å². The molecule has 0 radical (unpaired) electrons. The number of halogens is 2. The summed E-state index contributed by atoms with van der Waals surface area (Å²) < 4.78 is 61.5. The van der Waals surface area contributed by atoms with Gasteiger partial charge in [-0.05, 0) is 48.2 Å². The second-order valence-corrected chi connectivity index (χ2v) is 11.0. The van der Waals surface area contributed by atoms with Crippen molar-refractivity contribution in [3.8, 4) is 11.1 Å². The smallest absolute Gasteiger partial charge is 0.337 e. The number of hydrogen-bond acceptors (Lipinski definition) is 6. The number of aromatic nitrogens is 1. The van der Waals surface area contributed by atoms with E-state index in [1.807, 2.05) is 48.9 Å². The monoisotopic (exact) mass is 539 g/mol. The third kappa shape index (κ3) is 5.43. The van der Waals surface area contributed by atoms with E-state index in [-0.39, 0.29) is 10.5 Å². The molecule has 0 aliphatic heterocycles. The minimum absolute atomic E-state index is 0.0174. The molecule has 4 rings (SSSR count). The average molecular weight is 540 g/mol. The summed E-state index contributed by atoms with van der Waals surface area (Å²) in [7, 11) is -1.83. The van der Waals surface area contributed by atoms with Crippen molar-refractivity contribution in [2.45, 2.75) is 18.7 Å². The molecule has 0 aliphatic carbocycles. The molecule has 0 saturated heterocycles. The van der Waals surface area contributed by atoms with E-state index in [0.717, 1.165) is 16.6 Å². The molecule has 0 atom stereocenters. The summed E-state index contributed by atoms with van der Waals surface area (Å²) in [5.41, 5.74) is 4.36. The van der Waals surface area contributed by atoms with Crippen LogP contribution in [-0.4, -0.2) is 32.5 Å². The predicted molar refractivity (Wildman–Crippen MR) is 128 cm³/mol. The number of pyridine rings is 1. The number of hydrogen-bond donors (Lipinski definition) is 1. The van der Waals surface area contributed by atoms with Crippen molar-refractivity contribution in [2.24, 2.45) is 7.05 Å². The molecule has 1 N–H and O–H groups in total. The first kappa shape index (κ1) is 26.5. The largest absolute Gasteiger partial charge is 0.722 e. The van der Waals surface area contributed by atoms with Gasteiger partial charge in [0.15, 0.2) is 0 Å². The van der Waals surface area contributed by atoms with Gasteiger partial charge >= 0.3 is 5.97 Å². The predicted octanol–water partition coefficient (Wildman–Crippen LogP) is 4.14. The van der Waals surface area contributed by atoms with Crippen molar-refractivity contribution in [3.05, 3.63) is 71.3 Å². The number of carbonyl (C=O) groups is 1. The summed E-state index contributed by atoms with van der Waals surface area (Å²) in [6, 6.07) is 16.0. The summed E-state index contributed by atoms with van der Waals surface area (Å²) in [6.45, 7) is 3.56. The van der Waals surface area contributed by atoms with Crippen LogP contribution in [0.25, 0.3) is 32.9 Å². The fourth-order valence-corrected chi connectivity index (χ4v) is 5.46. The highest BCUT2D eigenvalue weighted by molar-refractivity contribution is 8.13. The van der Waals surface area contributed by atoms with Gasteiger partial charge in [0.25, 0.3) is 19.6 Å². The third-order valence-electron chi connectivity index (χ3n) is 5.56. The Labute approximate surface area is 205 Å². The number of para-hydroxylation sites is 1. The molecule has 0 spiro atoms. The molecule has 1 aromatic heterocycles. The lowest BCUT2D eigenvalue weighted by atomic mass is 9.89. The lowest BCUT2D eigenvalue weighted by molar-refractivity contribution is -0.617. The quantitative estimate of drug-likeness (QED) is 0.179. The lowest BCUT2D eigenvalue weighted by Crippen LogP contribution is -2.31. The number of rotatable bonds is 3. The van der Waals surface area contributed by atoms with Crippen LogP contribution >= 0.6 is 10.7 Å². The molecule has 4 aromatic rings. The van der Waals surface area contributed by atoms with Crippen LogP contribution in [-0.2, 0) is 26.6 Å². The minimum atomic E-state index is -5.42. The first-order chi connectivity index (χ1) is 16.1. The van der Waals surface area contributed by atoms with E-state index in [2.05, 4.69) is 0 Å². The van der Waals surface area contributed by atoms with Crippen molar-refractivity contribution in [1.29, 1.82) is 0 Å². The van der Waals surface area contributed by atoms with E-state index in [0.29, 0.717) is 27.5 Å². The van der Waals surface area contributed by atoms with Crippen LogP contribution in [0.2, 0.25) is 0 Å². The molecule has 0 aliphatic rings. The van der Waals surface area contributed by atoms with Gasteiger partial charge < -0.3 is 9.66 Å². The number of aryl methyl sites for hydroxylation is 2. The fourth-order valence-electron chi connectivity index (χ4n) is 4.26. The van der Waals surface area contributed by atoms with E-state index in [9.17, 15) is 22.2 Å². The van der Waals surface area contributed by atoms with Crippen LogP contribution in [0.4, 0.5) is 3.89 Å². The van der Waals surface area contributed by atoms with E-state index < -0.39 is 25.5 Å². The molecule has 35 heavy (non-hydrogen) atoms. The van der Waals surface area contributed by atoms with E-state index in [1.165, 1.54) is 6.07 Å². The molecule has 3 aromatic carbocycles. The van der Waals surface area contributed by atoms with E-state index in [4.69, 9.17) is 23.7 Å². The van der Waals surface area contributed by atoms with Crippen LogP contribution < -0.4 is 4.57 Å². The normalized spacial score (nSPS) is 11.8. The highest BCUT2D eigenvalue weighted by Gasteiger charge is 2.27. The van der Waals surface area contributed by atoms with Crippen molar-refractivity contribution in [1.82, 2.24) is 0 Å². The molecule has 0 amide bonds. The summed E-state index contributed by atoms with van der Waals surface area (Å²) in [5, 5.41) is 11.3. The van der Waals surface area contributed by atoms with E-state index in [1.54, 1.807) is 25.1 Å². The van der Waals surface area contributed by atoms with Gasteiger partial charge in [0, 0.05) is 22.8 Å². The maximum atomic E-state index is 12.4. The lowest BCUT2D eigenvalue weighted by Gasteiger charge is -2.16. The minimum Gasteiger partial charge on any atom is -0.722 e. The van der Waals surface area contributed by atoms with Gasteiger partial charge in [0.05, 0.1) is 21.2 Å². The fraction of sp³-hybridized carbons (Fsp3) is 0.130. The number of fused-ring (bicyclic) bond motifs is 2. The SMILES string of the molecule is Cc1ccc(S(=O)(=O)Cl)c(C)c1-c1cccc2c1c(C(=O)O)c1ccccc1[n+]2C.O=S(=O)([O-])F. The molecule has 0 fully saturated rings. The number of carboxylic acid groups (broad SMARTS) is 1. The Kier molecular flexibility index (Phi) is 7.19. The maximum Gasteiger partial charge on any atom is 0.337 e. The molecule has 0 unspecified atom stereocenters. The summed E-state index contributed by atoms with van der Waals surface area (Å²) in [5.74, 6) is -1.04. The molecule has 12 heteroatoms. The molecule has 0 bridgehead atoms. The Bertz CT molecular complexity index is 1710. The van der Waals surface area contributed by atoms with Gasteiger partial charge in [-0.25, -0.2) is 21.6 Å². The molecule has 184 valence electrons. The summed E-state index contributed by atoms with van der Waals surface area (Å²) >= 11 is 0. The maximum absolute atomic E-state index is 12.4. The zero-order chi connectivity index (χ0) is 26.3. The van der Waals surface area contributed by atoms with Gasteiger partial charge in [-0.15, -0.1) is 3.89 Å². The molecule has 1 heterocycles. The van der Waals surface area contributed by atoms with Crippen LogP contribution in [0.1, 0.15) is 21.5 Å². The highest BCUT2D eigenvalue weighted by Crippen LogP contribution is 2.38. The van der Waals surface area contributed by atoms with Crippen molar-refractivity contribution in [3.63, 3.8) is 0 Å². The van der Waals surface area contributed by atoms with Crippen molar-refractivity contribution < 1.29 is 39.7 Å². The Morgan fingerprint density at radius 1 is 0.971 bits per heavy atom. The van der Waals surface area contributed by atoms with Crippen LogP contribution in [0.15, 0.2) is 59.5 Å². The van der Waals surface area contributed by atoms with Crippen LogP contribution in [0.5, 0.6) is 0 Å². The Balaban J connectivity index is 0.000000623. The number of benzene rings is 3. The molecule has 0 saturated carbocycles. The van der Waals surface area contributed by atoms with E-state index >= 15 is 0 Å². The topological polar surface area (TPSA) is 133 Å². The third-order valence-corrected chi connectivity index (χ3v) is 7.02. The van der Waals surface area contributed by atoms with Gasteiger partial charge in [-0.3, -0.25) is 0 Å². The van der Waals surface area contributed by atoms with Gasteiger partial charge in [0.1, 0.15) is 7.05 Å². The number of aromatic carboxylic acids is 1. The van der Waals surface area contributed by atoms with Gasteiger partial charge in [-0.1, -0.05) is 30.3 Å². The average Bonchev–Trinajstić information content (AvgIpc) is 2.72. The Hall–Kier alpha value is -3.12. The Morgan fingerprint density at radius 3 is 2.11 bits per heavy atom. The first-order valence-corrected chi connectivity index (χ1v) is 13.5. The molecular weight excluding hydrogens is 521 g/mol. The highest BCUT2D eigenvalue weighted by atomic mass is 35.7. The zero-order valence-corrected chi connectivity index (χ0v) is 21.0. The second kappa shape index (κ2) is 9.50. The van der Waals surface area contributed by atoms with Crippen LogP contribution in [0, 0.1) is 13.8 Å². The second-order valence-electron chi connectivity index (χ2n) is 7.67. The summed E-state index contributed by atoms with van der Waals surface area (Å²) in [4.78, 5) is 12.4. The Morgan fingerprint density at radius 2 is 1.54 bits per heavy atom. The van der Waals surface area contributed by atoms with Crippen molar-refractivity contribution >= 4 is 58.0 Å². The summed E-state index contributed by atoms with van der Waals surface area (Å²) in [6.07, 6.45) is 0.